The molecule has 0 bridgehead atoms. The Morgan fingerprint density at radius 2 is 1.77 bits per heavy atom. The van der Waals surface area contributed by atoms with Gasteiger partial charge < -0.3 is 5.32 Å². The van der Waals surface area contributed by atoms with E-state index >= 15 is 0 Å². The molecular formula is C12H12N4O5S. The van der Waals surface area contributed by atoms with E-state index in [9.17, 15) is 25.0 Å². The molecule has 0 aromatic heterocycles. The number of urea groups is 1. The number of nitrogens with zero attached hydrogens (tertiary/aromatic N) is 3. The number of non-ortho nitro benzene ring substituents is 1. The van der Waals surface area contributed by atoms with Gasteiger partial charge in [-0.2, -0.15) is 0 Å². The van der Waals surface area contributed by atoms with Crippen LogP contribution in [0.3, 0.4) is 0 Å². The molecule has 2 amide bonds. The minimum Gasteiger partial charge on any atom is -0.321 e. The van der Waals surface area contributed by atoms with Crippen LogP contribution in [0.5, 0.6) is 0 Å². The smallest absolute Gasteiger partial charge is 0.321 e. The molecule has 1 aliphatic heterocycles. The first-order chi connectivity index (χ1) is 10.4. The number of benzene rings is 1. The molecule has 9 nitrogen and oxygen atoms in total. The van der Waals surface area contributed by atoms with E-state index in [2.05, 4.69) is 5.32 Å². The van der Waals surface area contributed by atoms with Crippen molar-refractivity contribution in [1.82, 2.24) is 10.2 Å². The monoisotopic (exact) mass is 324 g/mol. The number of hydrogen-bond acceptors (Lipinski definition) is 6. The molecule has 10 heteroatoms. The second kappa shape index (κ2) is 6.02. The van der Waals surface area contributed by atoms with Gasteiger partial charge in [-0.15, -0.1) is 11.8 Å². The van der Waals surface area contributed by atoms with Gasteiger partial charge in [-0.3, -0.25) is 25.1 Å². The second-order valence-electron chi connectivity index (χ2n) is 4.44. The minimum absolute atomic E-state index is 0.125. The van der Waals surface area contributed by atoms with E-state index < -0.39 is 21.9 Å². The quantitative estimate of drug-likeness (QED) is 0.669. The summed E-state index contributed by atoms with van der Waals surface area (Å²) >= 11 is 1.10. The Kier molecular flexibility index (Phi) is 4.31. The van der Waals surface area contributed by atoms with Crippen LogP contribution in [0.4, 0.5) is 10.5 Å². The number of nitrogens with one attached hydrogen (secondary N) is 1. The van der Waals surface area contributed by atoms with Gasteiger partial charge in [0.05, 0.1) is 9.85 Å². The lowest BCUT2D eigenvalue weighted by atomic mass is 10.0. The molecule has 2 rings (SSSR count). The molecule has 1 atom stereocenters. The van der Waals surface area contributed by atoms with Gasteiger partial charge in [-0.1, -0.05) is 0 Å². The summed E-state index contributed by atoms with van der Waals surface area (Å²) in [5.41, 5.74) is 0.119. The van der Waals surface area contributed by atoms with Crippen molar-refractivity contribution >= 4 is 23.5 Å². The highest BCUT2D eigenvalue weighted by atomic mass is 32.2. The summed E-state index contributed by atoms with van der Waals surface area (Å²) < 4.78 is 0. The zero-order valence-electron chi connectivity index (χ0n) is 11.7. The molecule has 116 valence electrons. The predicted octanol–water partition coefficient (Wildman–Crippen LogP) is 2.10. The SMILES string of the molecule is CSC1=C([N+](=O)[O-])[C@H](c2ccc([N+](=O)[O-])cc2)NC(=O)N1C. The number of rotatable bonds is 4. The second-order valence-corrected chi connectivity index (χ2v) is 5.24. The van der Waals surface area contributed by atoms with Crippen molar-refractivity contribution in [2.24, 2.45) is 0 Å². The van der Waals surface area contributed by atoms with Crippen molar-refractivity contribution in [1.29, 1.82) is 0 Å². The molecule has 0 radical (unpaired) electrons. The van der Waals surface area contributed by atoms with Crippen molar-refractivity contribution < 1.29 is 14.6 Å². The van der Waals surface area contributed by atoms with E-state index in [-0.39, 0.29) is 16.4 Å². The minimum atomic E-state index is -0.957. The van der Waals surface area contributed by atoms with E-state index in [0.29, 0.717) is 5.56 Å². The Hall–Kier alpha value is -2.62. The molecule has 0 spiro atoms. The van der Waals surface area contributed by atoms with Gasteiger partial charge in [-0.25, -0.2) is 4.79 Å². The molecule has 0 saturated carbocycles. The average molecular weight is 324 g/mol. The highest BCUT2D eigenvalue weighted by Gasteiger charge is 2.39. The molecule has 0 fully saturated rings. The molecule has 1 N–H and O–H groups in total. The van der Waals surface area contributed by atoms with Gasteiger partial charge in [0.25, 0.3) is 5.69 Å². The number of carbonyl (C=O) groups is 1. The van der Waals surface area contributed by atoms with Gasteiger partial charge in [-0.05, 0) is 24.0 Å². The lowest BCUT2D eigenvalue weighted by Gasteiger charge is -2.29. The summed E-state index contributed by atoms with van der Waals surface area (Å²) in [6.07, 6.45) is 1.64. The zero-order valence-corrected chi connectivity index (χ0v) is 12.5. The van der Waals surface area contributed by atoms with Crippen molar-refractivity contribution in [2.45, 2.75) is 6.04 Å². The number of hydrogen-bond donors (Lipinski definition) is 1. The molecule has 0 unspecified atom stereocenters. The van der Waals surface area contributed by atoms with Crippen molar-refractivity contribution in [3.05, 3.63) is 60.8 Å². The zero-order chi connectivity index (χ0) is 16.4. The molecule has 0 saturated heterocycles. The molecule has 1 heterocycles. The molecular weight excluding hydrogens is 312 g/mol. The van der Waals surface area contributed by atoms with Gasteiger partial charge in [0.15, 0.2) is 5.03 Å². The Balaban J connectivity index is 2.52. The lowest BCUT2D eigenvalue weighted by Crippen LogP contribution is -2.45. The highest BCUT2D eigenvalue weighted by molar-refractivity contribution is 8.02. The fraction of sp³-hybridized carbons (Fsp3) is 0.250. The van der Waals surface area contributed by atoms with Crippen molar-refractivity contribution in [3.8, 4) is 0 Å². The van der Waals surface area contributed by atoms with E-state index in [1.54, 1.807) is 6.26 Å². The topological polar surface area (TPSA) is 119 Å². The van der Waals surface area contributed by atoms with Gasteiger partial charge >= 0.3 is 11.7 Å². The van der Waals surface area contributed by atoms with Gasteiger partial charge in [0.1, 0.15) is 6.04 Å². The normalized spacial score (nSPS) is 18.2. The van der Waals surface area contributed by atoms with Crippen LogP contribution in [0.25, 0.3) is 0 Å². The maximum Gasteiger partial charge on any atom is 0.323 e. The van der Waals surface area contributed by atoms with E-state index in [0.717, 1.165) is 11.8 Å². The van der Waals surface area contributed by atoms with E-state index in [1.165, 1.54) is 36.2 Å². The van der Waals surface area contributed by atoms with Crippen LogP contribution in [-0.4, -0.2) is 34.1 Å². The first-order valence-corrected chi connectivity index (χ1v) is 7.30. The number of nitro groups is 2. The summed E-state index contributed by atoms with van der Waals surface area (Å²) in [7, 11) is 1.44. The largest absolute Gasteiger partial charge is 0.323 e. The van der Waals surface area contributed by atoms with Crippen LogP contribution in [0.2, 0.25) is 0 Å². The summed E-state index contributed by atoms with van der Waals surface area (Å²) in [5.74, 6) is 0. The van der Waals surface area contributed by atoms with Crippen molar-refractivity contribution in [3.63, 3.8) is 0 Å². The Bertz CT molecular complexity index is 673. The number of nitro benzene ring substituents is 1. The van der Waals surface area contributed by atoms with Crippen LogP contribution in [0.15, 0.2) is 35.0 Å². The fourth-order valence-corrected chi connectivity index (χ4v) is 2.89. The predicted molar refractivity (Wildman–Crippen MR) is 79.7 cm³/mol. The third-order valence-electron chi connectivity index (χ3n) is 3.20. The van der Waals surface area contributed by atoms with E-state index in [4.69, 9.17) is 0 Å². The van der Waals surface area contributed by atoms with Crippen molar-refractivity contribution in [2.75, 3.05) is 13.3 Å². The Morgan fingerprint density at radius 3 is 2.23 bits per heavy atom. The lowest BCUT2D eigenvalue weighted by molar-refractivity contribution is -0.432. The van der Waals surface area contributed by atoms with Crippen LogP contribution in [-0.2, 0) is 0 Å². The molecule has 1 aliphatic rings. The van der Waals surface area contributed by atoms with Crippen LogP contribution < -0.4 is 5.32 Å². The standard InChI is InChI=1S/C12H12N4O5S/c1-14-11(22-2)10(16(20)21)9(13-12(14)17)7-3-5-8(6-4-7)15(18)19/h3-6,9H,1-2H3,(H,13,17)/t9-/m0/s1. The average Bonchev–Trinajstić information content (AvgIpc) is 2.49. The first-order valence-electron chi connectivity index (χ1n) is 6.08. The molecule has 1 aromatic carbocycles. The first kappa shape index (κ1) is 15.8. The van der Waals surface area contributed by atoms with Gasteiger partial charge in [0.2, 0.25) is 0 Å². The van der Waals surface area contributed by atoms with Crippen LogP contribution >= 0.6 is 11.8 Å². The summed E-state index contributed by atoms with van der Waals surface area (Å²) in [6.45, 7) is 0. The number of amides is 2. The van der Waals surface area contributed by atoms with Gasteiger partial charge in [0, 0.05) is 19.2 Å². The summed E-state index contributed by atoms with van der Waals surface area (Å²) in [4.78, 5) is 34.0. The third-order valence-corrected chi connectivity index (χ3v) is 4.07. The summed E-state index contributed by atoms with van der Waals surface area (Å²) in [5, 5.41) is 24.8. The maximum absolute atomic E-state index is 11.9. The fourth-order valence-electron chi connectivity index (χ4n) is 2.13. The van der Waals surface area contributed by atoms with E-state index in [1.807, 2.05) is 0 Å². The number of carbonyl (C=O) groups excluding carboxylic acids is 1. The highest BCUT2D eigenvalue weighted by Crippen LogP contribution is 2.34. The summed E-state index contributed by atoms with van der Waals surface area (Å²) in [6, 6.07) is 3.86. The molecule has 0 aliphatic carbocycles. The Morgan fingerprint density at radius 1 is 1.18 bits per heavy atom. The third kappa shape index (κ3) is 2.72. The molecule has 22 heavy (non-hydrogen) atoms. The Labute approximate surface area is 129 Å². The molecule has 1 aromatic rings. The van der Waals surface area contributed by atoms with Crippen LogP contribution in [0, 0.1) is 20.2 Å². The maximum atomic E-state index is 11.9. The van der Waals surface area contributed by atoms with Crippen LogP contribution in [0.1, 0.15) is 11.6 Å². The number of thioether (sulfide) groups is 1.